The number of carbonyl (C=O) groups is 1. The summed E-state index contributed by atoms with van der Waals surface area (Å²) in [7, 11) is 0. The Morgan fingerprint density at radius 2 is 1.90 bits per heavy atom. The summed E-state index contributed by atoms with van der Waals surface area (Å²) in [5.74, 6) is -0.103. The van der Waals surface area contributed by atoms with Gasteiger partial charge in [0.15, 0.2) is 0 Å². The maximum Gasteiger partial charge on any atom is 0.242 e. The molecule has 2 unspecified atom stereocenters. The largest absolute Gasteiger partial charge is 0.387 e. The fourth-order valence-electron chi connectivity index (χ4n) is 2.16. The second-order valence-corrected chi connectivity index (χ2v) is 4.92. The van der Waals surface area contributed by atoms with Crippen LogP contribution >= 0.6 is 0 Å². The highest BCUT2D eigenvalue weighted by Gasteiger charge is 2.16. The predicted molar refractivity (Wildman–Crippen MR) is 78.3 cm³/mol. The van der Waals surface area contributed by atoms with Gasteiger partial charge in [-0.2, -0.15) is 0 Å². The summed E-state index contributed by atoms with van der Waals surface area (Å²) >= 11 is 0. The summed E-state index contributed by atoms with van der Waals surface area (Å²) in [6, 6.07) is 11.1. The van der Waals surface area contributed by atoms with E-state index in [-0.39, 0.29) is 18.5 Å². The normalized spacial score (nSPS) is 13.8. The van der Waals surface area contributed by atoms with Gasteiger partial charge in [0.25, 0.3) is 0 Å². The average molecular weight is 272 g/mol. The van der Waals surface area contributed by atoms with Gasteiger partial charge in [-0.15, -0.1) is 0 Å². The van der Waals surface area contributed by atoms with Crippen LogP contribution in [-0.2, 0) is 4.79 Å². The number of nitrogens with one attached hydrogen (secondary N) is 1. The van der Waals surface area contributed by atoms with E-state index in [0.29, 0.717) is 0 Å². The molecule has 4 heteroatoms. The van der Waals surface area contributed by atoms with Crippen molar-refractivity contribution in [3.63, 3.8) is 0 Å². The summed E-state index contributed by atoms with van der Waals surface area (Å²) in [6.07, 6.45) is 3.02. The fraction of sp³-hybridized carbons (Fsp3) is 0.312. The van der Waals surface area contributed by atoms with Gasteiger partial charge in [-0.05, 0) is 37.1 Å². The minimum atomic E-state index is -0.683. The highest BCUT2D eigenvalue weighted by atomic mass is 16.3. The number of aryl methyl sites for hydroxylation is 1. The lowest BCUT2D eigenvalue weighted by Crippen LogP contribution is -2.33. The summed E-state index contributed by atoms with van der Waals surface area (Å²) in [5, 5.41) is 12.9. The van der Waals surface area contributed by atoms with Crippen molar-refractivity contribution in [3.8, 4) is 0 Å². The van der Waals surface area contributed by atoms with Gasteiger partial charge >= 0.3 is 0 Å². The van der Waals surface area contributed by atoms with Gasteiger partial charge in [0, 0.05) is 18.9 Å². The molecule has 0 fully saturated rings. The first-order chi connectivity index (χ1) is 9.59. The van der Waals surface area contributed by atoms with E-state index in [1.807, 2.05) is 67.2 Å². The van der Waals surface area contributed by atoms with E-state index in [0.717, 1.165) is 11.1 Å². The van der Waals surface area contributed by atoms with Crippen molar-refractivity contribution in [2.24, 2.45) is 0 Å². The third-order valence-electron chi connectivity index (χ3n) is 3.47. The van der Waals surface area contributed by atoms with Crippen molar-refractivity contribution < 1.29 is 9.90 Å². The molecule has 2 atom stereocenters. The van der Waals surface area contributed by atoms with Crippen LogP contribution in [-0.4, -0.2) is 22.1 Å². The Morgan fingerprint density at radius 3 is 2.55 bits per heavy atom. The second-order valence-electron chi connectivity index (χ2n) is 4.92. The molecule has 0 aliphatic heterocycles. The Labute approximate surface area is 119 Å². The second kappa shape index (κ2) is 6.39. The zero-order valence-corrected chi connectivity index (χ0v) is 11.8. The number of nitrogens with zero attached hydrogens (tertiary/aromatic N) is 1. The number of hydrogen-bond acceptors (Lipinski definition) is 2. The van der Waals surface area contributed by atoms with E-state index in [1.165, 1.54) is 0 Å². The molecule has 0 saturated carbocycles. The number of benzene rings is 1. The molecular weight excluding hydrogens is 252 g/mol. The Kier molecular flexibility index (Phi) is 4.58. The fourth-order valence-corrected chi connectivity index (χ4v) is 2.16. The molecule has 0 saturated heterocycles. The molecule has 2 rings (SSSR count). The van der Waals surface area contributed by atoms with E-state index >= 15 is 0 Å². The summed E-state index contributed by atoms with van der Waals surface area (Å²) in [6.45, 7) is 3.99. The van der Waals surface area contributed by atoms with Crippen LogP contribution < -0.4 is 5.32 Å². The molecular formula is C16H20N2O2. The van der Waals surface area contributed by atoms with Gasteiger partial charge < -0.3 is 15.0 Å². The van der Waals surface area contributed by atoms with Gasteiger partial charge in [0.1, 0.15) is 6.04 Å². The third kappa shape index (κ3) is 3.27. The Morgan fingerprint density at radius 1 is 1.25 bits per heavy atom. The van der Waals surface area contributed by atoms with E-state index in [1.54, 1.807) is 0 Å². The van der Waals surface area contributed by atoms with Crippen molar-refractivity contribution in [1.29, 1.82) is 0 Å². The Bertz CT molecular complexity index is 564. The minimum absolute atomic E-state index is 0.103. The smallest absolute Gasteiger partial charge is 0.242 e. The van der Waals surface area contributed by atoms with Crippen LogP contribution in [0.25, 0.3) is 0 Å². The number of aromatic nitrogens is 1. The van der Waals surface area contributed by atoms with Crippen LogP contribution in [0.3, 0.4) is 0 Å². The first-order valence-electron chi connectivity index (χ1n) is 6.73. The molecule has 2 aromatic rings. The van der Waals surface area contributed by atoms with Crippen LogP contribution in [0.15, 0.2) is 48.8 Å². The van der Waals surface area contributed by atoms with Crippen molar-refractivity contribution in [2.45, 2.75) is 26.0 Å². The van der Waals surface area contributed by atoms with Crippen LogP contribution in [0.2, 0.25) is 0 Å². The lowest BCUT2D eigenvalue weighted by molar-refractivity contribution is -0.124. The number of rotatable bonds is 5. The van der Waals surface area contributed by atoms with E-state index < -0.39 is 6.10 Å². The Hall–Kier alpha value is -2.07. The average Bonchev–Trinajstić information content (AvgIpc) is 2.98. The quantitative estimate of drug-likeness (QED) is 0.876. The van der Waals surface area contributed by atoms with Crippen molar-refractivity contribution in [1.82, 2.24) is 9.88 Å². The van der Waals surface area contributed by atoms with E-state index in [9.17, 15) is 9.90 Å². The lowest BCUT2D eigenvalue weighted by Gasteiger charge is -2.17. The number of hydrogen-bond donors (Lipinski definition) is 2. The molecule has 0 aliphatic carbocycles. The number of amides is 1. The monoisotopic (exact) mass is 272 g/mol. The number of aliphatic hydroxyl groups excluding tert-OH is 1. The van der Waals surface area contributed by atoms with Crippen molar-refractivity contribution >= 4 is 5.91 Å². The molecule has 0 spiro atoms. The predicted octanol–water partition coefficient (Wildman–Crippen LogP) is 2.21. The molecule has 0 bridgehead atoms. The Balaban J connectivity index is 1.92. The lowest BCUT2D eigenvalue weighted by atomic mass is 10.0. The summed E-state index contributed by atoms with van der Waals surface area (Å²) in [4.78, 5) is 12.0. The molecule has 1 aromatic carbocycles. The molecule has 0 radical (unpaired) electrons. The molecule has 106 valence electrons. The third-order valence-corrected chi connectivity index (χ3v) is 3.47. The molecule has 1 aromatic heterocycles. The van der Waals surface area contributed by atoms with Crippen LogP contribution in [0.4, 0.5) is 0 Å². The minimum Gasteiger partial charge on any atom is -0.387 e. The maximum absolute atomic E-state index is 12.0. The van der Waals surface area contributed by atoms with E-state index in [2.05, 4.69) is 5.32 Å². The molecule has 2 N–H and O–H groups in total. The summed E-state index contributed by atoms with van der Waals surface area (Å²) in [5.41, 5.74) is 1.87. The first-order valence-corrected chi connectivity index (χ1v) is 6.73. The zero-order valence-electron chi connectivity index (χ0n) is 11.8. The van der Waals surface area contributed by atoms with E-state index in [4.69, 9.17) is 0 Å². The van der Waals surface area contributed by atoms with Gasteiger partial charge in [-0.3, -0.25) is 4.79 Å². The number of aliphatic hydroxyl groups is 1. The zero-order chi connectivity index (χ0) is 14.5. The van der Waals surface area contributed by atoms with Gasteiger partial charge in [0.2, 0.25) is 5.91 Å². The van der Waals surface area contributed by atoms with Crippen molar-refractivity contribution in [2.75, 3.05) is 6.54 Å². The molecule has 0 aliphatic rings. The van der Waals surface area contributed by atoms with Gasteiger partial charge in [0.05, 0.1) is 6.10 Å². The van der Waals surface area contributed by atoms with Crippen LogP contribution in [0, 0.1) is 6.92 Å². The highest BCUT2D eigenvalue weighted by Crippen LogP contribution is 2.16. The molecule has 4 nitrogen and oxygen atoms in total. The van der Waals surface area contributed by atoms with Crippen molar-refractivity contribution in [3.05, 3.63) is 59.9 Å². The van der Waals surface area contributed by atoms with Crippen LogP contribution in [0.5, 0.6) is 0 Å². The summed E-state index contributed by atoms with van der Waals surface area (Å²) < 4.78 is 1.83. The SMILES string of the molecule is Cc1ccccc1C(O)CNC(=O)C(C)n1cccc1. The van der Waals surface area contributed by atoms with Gasteiger partial charge in [-0.1, -0.05) is 24.3 Å². The number of carbonyl (C=O) groups excluding carboxylic acids is 1. The molecule has 1 amide bonds. The van der Waals surface area contributed by atoms with Crippen LogP contribution in [0.1, 0.15) is 30.2 Å². The molecule has 1 heterocycles. The topological polar surface area (TPSA) is 54.3 Å². The van der Waals surface area contributed by atoms with Gasteiger partial charge in [-0.25, -0.2) is 0 Å². The first kappa shape index (κ1) is 14.3. The maximum atomic E-state index is 12.0. The molecule has 20 heavy (non-hydrogen) atoms. The highest BCUT2D eigenvalue weighted by molar-refractivity contribution is 5.79. The standard InChI is InChI=1S/C16H20N2O2/c1-12-7-3-4-8-14(12)15(19)11-17-16(20)13(2)18-9-5-6-10-18/h3-10,13,15,19H,11H2,1-2H3,(H,17,20).